The highest BCUT2D eigenvalue weighted by Crippen LogP contribution is 2.59. The van der Waals surface area contributed by atoms with Crippen molar-refractivity contribution < 1.29 is 0 Å². The van der Waals surface area contributed by atoms with E-state index in [1.165, 1.54) is 105 Å². The van der Waals surface area contributed by atoms with Crippen LogP contribution in [0.5, 0.6) is 0 Å². The summed E-state index contributed by atoms with van der Waals surface area (Å²) in [6.07, 6.45) is 0. The molecule has 2 aliphatic carbocycles. The van der Waals surface area contributed by atoms with Gasteiger partial charge in [-0.2, -0.15) is 0 Å². The molecule has 0 bridgehead atoms. The van der Waals surface area contributed by atoms with Gasteiger partial charge in [-0.1, -0.05) is 249 Å². The van der Waals surface area contributed by atoms with Crippen molar-refractivity contribution in [1.29, 1.82) is 0 Å². The summed E-state index contributed by atoms with van der Waals surface area (Å²) in [5, 5.41) is 2.51. The Morgan fingerprint density at radius 1 is 0.270 bits per heavy atom. The molecule has 0 fully saturated rings. The highest BCUT2D eigenvalue weighted by Gasteiger charge is 2.47. The van der Waals surface area contributed by atoms with Crippen molar-refractivity contribution in [2.75, 3.05) is 4.90 Å². The Balaban J connectivity index is 0.980. The smallest absolute Gasteiger partial charge is 0.0714 e. The molecule has 1 unspecified atom stereocenters. The molecular weight excluding hydrogens is 891 g/mol. The molecule has 348 valence electrons. The number of fused-ring (bicyclic) bond motifs is 7. The number of nitrogens with zero attached hydrogens (tertiary/aromatic N) is 1. The molecule has 0 N–H and O–H groups in total. The minimum atomic E-state index is -0.547. The lowest BCUT2D eigenvalue weighted by Gasteiger charge is -2.35. The maximum Gasteiger partial charge on any atom is 0.0714 e. The number of hydrogen-bond donors (Lipinski definition) is 0. The highest BCUT2D eigenvalue weighted by atomic mass is 15.1. The van der Waals surface area contributed by atoms with Gasteiger partial charge in [0.25, 0.3) is 0 Å². The van der Waals surface area contributed by atoms with Gasteiger partial charge in [0.1, 0.15) is 0 Å². The number of anilines is 3. The van der Waals surface area contributed by atoms with E-state index in [9.17, 15) is 0 Å². The van der Waals surface area contributed by atoms with Crippen molar-refractivity contribution in [1.82, 2.24) is 0 Å². The molecule has 0 radical (unpaired) electrons. The Hall–Kier alpha value is -9.30. The third-order valence-electron chi connectivity index (χ3n) is 16.2. The van der Waals surface area contributed by atoms with Gasteiger partial charge in [-0.15, -0.1) is 0 Å². The lowest BCUT2D eigenvalue weighted by molar-refractivity contribution is 0.714. The standard InChI is InChI=1S/C73H51N/c1-72(55-27-8-3-9-28-55)68-38-20-36-63(52-21-6-2-7-22-52)71(68)66-46-44-59(48-69(66)72)74(58-41-39-50(40-42-58)53-25-18-26-54(47-53)62-35-19-24-51-23-14-15-33-61(51)62)60-43-45-65-64-34-16-17-37-67(64)73(70(65)49-60,56-29-10-4-11-30-56)57-31-12-5-13-32-57/h2-49H,1H3. The van der Waals surface area contributed by atoms with Gasteiger partial charge in [-0.25, -0.2) is 0 Å². The summed E-state index contributed by atoms with van der Waals surface area (Å²) in [6, 6.07) is 108. The second kappa shape index (κ2) is 17.5. The third kappa shape index (κ3) is 6.70. The van der Waals surface area contributed by atoms with Crippen LogP contribution in [0.2, 0.25) is 0 Å². The Bertz CT molecular complexity index is 4020. The molecule has 1 atom stereocenters. The Labute approximate surface area is 434 Å². The van der Waals surface area contributed by atoms with Gasteiger partial charge in [0.2, 0.25) is 0 Å². The number of benzene rings is 12. The lowest BCUT2D eigenvalue weighted by atomic mass is 9.67. The first kappa shape index (κ1) is 43.5. The van der Waals surface area contributed by atoms with E-state index in [-0.39, 0.29) is 0 Å². The SMILES string of the molecule is CC1(c2ccccc2)c2cc(N(c3ccc(-c4cccc(-c5cccc6ccccc56)c4)cc3)c3ccc4c(c3)C(c3ccccc3)(c3ccccc3)c3ccccc3-4)ccc2-c2c(-c3ccccc3)cccc21. The summed E-state index contributed by atoms with van der Waals surface area (Å²) in [7, 11) is 0. The minimum Gasteiger partial charge on any atom is -0.310 e. The molecule has 0 aliphatic heterocycles. The molecule has 12 aromatic carbocycles. The van der Waals surface area contributed by atoms with Crippen molar-refractivity contribution in [2.24, 2.45) is 0 Å². The summed E-state index contributed by atoms with van der Waals surface area (Å²) < 4.78 is 0. The van der Waals surface area contributed by atoms with Crippen LogP contribution in [0.3, 0.4) is 0 Å². The maximum absolute atomic E-state index is 2.49. The second-order valence-corrected chi connectivity index (χ2v) is 20.1. The molecule has 14 rings (SSSR count). The van der Waals surface area contributed by atoms with Gasteiger partial charge >= 0.3 is 0 Å². The van der Waals surface area contributed by atoms with E-state index in [1.54, 1.807) is 0 Å². The first-order chi connectivity index (χ1) is 36.6. The monoisotopic (exact) mass is 941 g/mol. The molecule has 2 aliphatic rings. The van der Waals surface area contributed by atoms with Crippen LogP contribution in [0.15, 0.2) is 291 Å². The summed E-state index contributed by atoms with van der Waals surface area (Å²) in [4.78, 5) is 2.49. The van der Waals surface area contributed by atoms with E-state index in [0.717, 1.165) is 17.1 Å². The summed E-state index contributed by atoms with van der Waals surface area (Å²) in [5.41, 5.74) is 23.7. The predicted molar refractivity (Wildman–Crippen MR) is 310 cm³/mol. The van der Waals surface area contributed by atoms with E-state index in [4.69, 9.17) is 0 Å². The zero-order chi connectivity index (χ0) is 49.2. The molecule has 12 aromatic rings. The van der Waals surface area contributed by atoms with Gasteiger partial charge in [0.15, 0.2) is 0 Å². The van der Waals surface area contributed by atoms with E-state index >= 15 is 0 Å². The van der Waals surface area contributed by atoms with E-state index in [2.05, 4.69) is 303 Å². The average molecular weight is 942 g/mol. The van der Waals surface area contributed by atoms with Crippen LogP contribution in [-0.2, 0) is 10.8 Å². The highest BCUT2D eigenvalue weighted by molar-refractivity contribution is 5.98. The predicted octanol–water partition coefficient (Wildman–Crippen LogP) is 19.0. The molecule has 0 amide bonds. The molecular formula is C73H51N. The van der Waals surface area contributed by atoms with Crippen molar-refractivity contribution >= 4 is 27.8 Å². The normalized spacial score (nSPS) is 14.7. The fourth-order valence-electron chi connectivity index (χ4n) is 12.8. The Morgan fingerprint density at radius 2 is 0.757 bits per heavy atom. The first-order valence-electron chi connectivity index (χ1n) is 25.8. The average Bonchev–Trinajstić information content (AvgIpc) is 4.00. The van der Waals surface area contributed by atoms with E-state index in [0.29, 0.717) is 0 Å². The van der Waals surface area contributed by atoms with Crippen LogP contribution in [0.1, 0.15) is 45.9 Å². The minimum absolute atomic E-state index is 0.424. The zero-order valence-electron chi connectivity index (χ0n) is 41.2. The Kier molecular flexibility index (Phi) is 10.3. The van der Waals surface area contributed by atoms with Gasteiger partial charge in [-0.3, -0.25) is 0 Å². The van der Waals surface area contributed by atoms with E-state index < -0.39 is 10.8 Å². The second-order valence-electron chi connectivity index (χ2n) is 20.1. The van der Waals surface area contributed by atoms with Crippen molar-refractivity contribution in [3.05, 3.63) is 330 Å². The van der Waals surface area contributed by atoms with Gasteiger partial charge in [0, 0.05) is 22.5 Å². The molecule has 0 aromatic heterocycles. The largest absolute Gasteiger partial charge is 0.310 e. The van der Waals surface area contributed by atoms with Crippen molar-refractivity contribution in [3.63, 3.8) is 0 Å². The fourth-order valence-corrected chi connectivity index (χ4v) is 12.8. The molecule has 0 saturated heterocycles. The van der Waals surface area contributed by atoms with Crippen LogP contribution in [-0.4, -0.2) is 0 Å². The third-order valence-corrected chi connectivity index (χ3v) is 16.2. The number of hydrogen-bond acceptors (Lipinski definition) is 1. The molecule has 1 nitrogen and oxygen atoms in total. The topological polar surface area (TPSA) is 3.24 Å². The molecule has 0 saturated carbocycles. The fraction of sp³-hybridized carbons (Fsp3) is 0.0411. The summed E-state index contributed by atoms with van der Waals surface area (Å²) in [6.45, 7) is 2.43. The van der Waals surface area contributed by atoms with Crippen LogP contribution in [0.25, 0.3) is 66.4 Å². The van der Waals surface area contributed by atoms with Crippen molar-refractivity contribution in [2.45, 2.75) is 17.8 Å². The van der Waals surface area contributed by atoms with Crippen LogP contribution in [0, 0.1) is 0 Å². The zero-order valence-corrected chi connectivity index (χ0v) is 41.2. The molecule has 0 heterocycles. The van der Waals surface area contributed by atoms with Crippen LogP contribution >= 0.6 is 0 Å². The van der Waals surface area contributed by atoms with Gasteiger partial charge in [0.05, 0.1) is 5.41 Å². The summed E-state index contributed by atoms with van der Waals surface area (Å²) in [5.74, 6) is 0. The number of rotatable bonds is 9. The molecule has 0 spiro atoms. The summed E-state index contributed by atoms with van der Waals surface area (Å²) >= 11 is 0. The van der Waals surface area contributed by atoms with Crippen LogP contribution < -0.4 is 4.90 Å². The maximum atomic E-state index is 2.49. The Morgan fingerprint density at radius 3 is 1.49 bits per heavy atom. The van der Waals surface area contributed by atoms with Gasteiger partial charge in [-0.05, 0) is 155 Å². The molecule has 1 heteroatoms. The molecule has 74 heavy (non-hydrogen) atoms. The van der Waals surface area contributed by atoms with Crippen molar-refractivity contribution in [3.8, 4) is 55.6 Å². The van der Waals surface area contributed by atoms with Gasteiger partial charge < -0.3 is 4.90 Å². The van der Waals surface area contributed by atoms with Crippen LogP contribution in [0.4, 0.5) is 17.1 Å². The quantitative estimate of drug-likeness (QED) is 0.139. The lowest BCUT2D eigenvalue weighted by Crippen LogP contribution is -2.28. The first-order valence-corrected chi connectivity index (χ1v) is 25.8. The van der Waals surface area contributed by atoms with E-state index in [1.807, 2.05) is 0 Å².